The van der Waals surface area contributed by atoms with Crippen molar-refractivity contribution in [3.05, 3.63) is 18.0 Å². The molecule has 0 aromatic carbocycles. The fourth-order valence-corrected chi connectivity index (χ4v) is 1.79. The van der Waals surface area contributed by atoms with Crippen LogP contribution in [0.4, 0.5) is 0 Å². The number of carbonyl (C=O) groups excluding carboxylic acids is 1. The van der Waals surface area contributed by atoms with Gasteiger partial charge in [-0.1, -0.05) is 0 Å². The van der Waals surface area contributed by atoms with Crippen molar-refractivity contribution < 1.29 is 14.4 Å². The maximum atomic E-state index is 11.8. The third-order valence-electron chi connectivity index (χ3n) is 2.84. The molecule has 1 aromatic heterocycles. The molecule has 6 nitrogen and oxygen atoms in total. The topological polar surface area (TPSA) is 56.6 Å². The second-order valence-electron chi connectivity index (χ2n) is 3.99. The molecule has 2 heterocycles. The minimum atomic E-state index is -0.262. The minimum absolute atomic E-state index is 0.0434. The molecular formula is C11H17N3O3. The van der Waals surface area contributed by atoms with E-state index in [4.69, 9.17) is 9.57 Å². The number of aromatic nitrogens is 2. The Bertz CT molecular complexity index is 385. The van der Waals surface area contributed by atoms with Crippen LogP contribution in [-0.4, -0.2) is 41.5 Å². The SMILES string of the molecule is CON(C)C(=O)c1ccn(C2CCCCO2)n1. The van der Waals surface area contributed by atoms with Crippen LogP contribution in [0.25, 0.3) is 0 Å². The fraction of sp³-hybridized carbons (Fsp3) is 0.636. The van der Waals surface area contributed by atoms with Crippen LogP contribution in [0.5, 0.6) is 0 Å². The van der Waals surface area contributed by atoms with Crippen molar-refractivity contribution in [3.8, 4) is 0 Å². The third kappa shape index (κ3) is 2.65. The average molecular weight is 239 g/mol. The van der Waals surface area contributed by atoms with Gasteiger partial charge in [-0.05, 0) is 25.3 Å². The summed E-state index contributed by atoms with van der Waals surface area (Å²) in [6, 6.07) is 1.68. The lowest BCUT2D eigenvalue weighted by Gasteiger charge is -2.22. The van der Waals surface area contributed by atoms with Crippen molar-refractivity contribution in [2.75, 3.05) is 20.8 Å². The highest BCUT2D eigenvalue weighted by atomic mass is 16.7. The van der Waals surface area contributed by atoms with Crippen molar-refractivity contribution in [3.63, 3.8) is 0 Å². The maximum Gasteiger partial charge on any atom is 0.297 e. The summed E-state index contributed by atoms with van der Waals surface area (Å²) in [5.74, 6) is -0.262. The van der Waals surface area contributed by atoms with Crippen LogP contribution < -0.4 is 0 Å². The summed E-state index contributed by atoms with van der Waals surface area (Å²) >= 11 is 0. The summed E-state index contributed by atoms with van der Waals surface area (Å²) in [4.78, 5) is 16.6. The van der Waals surface area contributed by atoms with Gasteiger partial charge in [0.2, 0.25) is 0 Å². The van der Waals surface area contributed by atoms with Crippen molar-refractivity contribution in [2.45, 2.75) is 25.5 Å². The van der Waals surface area contributed by atoms with Gasteiger partial charge in [0.25, 0.3) is 5.91 Å². The molecule has 6 heteroatoms. The standard InChI is InChI=1S/C11H17N3O3/c1-13(16-2)11(15)9-6-7-14(12-9)10-5-3-4-8-17-10/h6-7,10H,3-5,8H2,1-2H3. The first-order chi connectivity index (χ1) is 8.22. The fourth-order valence-electron chi connectivity index (χ4n) is 1.79. The van der Waals surface area contributed by atoms with E-state index in [0.717, 1.165) is 30.9 Å². The van der Waals surface area contributed by atoms with E-state index < -0.39 is 0 Å². The van der Waals surface area contributed by atoms with Crippen LogP contribution in [0.3, 0.4) is 0 Å². The second-order valence-corrected chi connectivity index (χ2v) is 3.99. The summed E-state index contributed by atoms with van der Waals surface area (Å²) in [5, 5.41) is 5.37. The molecule has 0 saturated carbocycles. The second kappa shape index (κ2) is 5.29. The molecular weight excluding hydrogens is 222 g/mol. The molecule has 0 N–H and O–H groups in total. The average Bonchev–Trinajstić information content (AvgIpc) is 2.87. The highest BCUT2D eigenvalue weighted by Gasteiger charge is 2.19. The highest BCUT2D eigenvalue weighted by molar-refractivity contribution is 5.91. The molecule has 2 rings (SSSR count). The van der Waals surface area contributed by atoms with Crippen molar-refractivity contribution in [2.24, 2.45) is 0 Å². The van der Waals surface area contributed by atoms with Gasteiger partial charge in [0.15, 0.2) is 5.69 Å². The monoisotopic (exact) mass is 239 g/mol. The Labute approximate surface area is 100 Å². The van der Waals surface area contributed by atoms with Gasteiger partial charge in [-0.2, -0.15) is 5.10 Å². The van der Waals surface area contributed by atoms with Crippen molar-refractivity contribution in [1.82, 2.24) is 14.8 Å². The number of ether oxygens (including phenoxy) is 1. The van der Waals surface area contributed by atoms with Crippen LogP contribution in [0.15, 0.2) is 12.3 Å². The third-order valence-corrected chi connectivity index (χ3v) is 2.84. The Morgan fingerprint density at radius 1 is 1.65 bits per heavy atom. The molecule has 0 spiro atoms. The summed E-state index contributed by atoms with van der Waals surface area (Å²) in [5.41, 5.74) is 0.364. The van der Waals surface area contributed by atoms with Gasteiger partial charge >= 0.3 is 0 Å². The molecule has 1 fully saturated rings. The molecule has 1 atom stereocenters. The first kappa shape index (κ1) is 12.1. The number of hydroxylamine groups is 2. The number of rotatable bonds is 3. The van der Waals surface area contributed by atoms with E-state index in [1.54, 1.807) is 24.0 Å². The maximum absolute atomic E-state index is 11.8. The van der Waals surface area contributed by atoms with Crippen LogP contribution >= 0.6 is 0 Å². The van der Waals surface area contributed by atoms with Gasteiger partial charge in [0.05, 0.1) is 7.11 Å². The van der Waals surface area contributed by atoms with Gasteiger partial charge in [-0.25, -0.2) is 9.75 Å². The molecule has 1 aliphatic heterocycles. The number of carbonyl (C=O) groups is 1. The summed E-state index contributed by atoms with van der Waals surface area (Å²) in [6.45, 7) is 0.756. The van der Waals surface area contributed by atoms with Gasteiger partial charge in [0.1, 0.15) is 6.23 Å². The molecule has 1 aromatic rings. The van der Waals surface area contributed by atoms with E-state index in [1.165, 1.54) is 7.11 Å². The quantitative estimate of drug-likeness (QED) is 0.744. The zero-order valence-corrected chi connectivity index (χ0v) is 10.1. The van der Waals surface area contributed by atoms with Crippen molar-refractivity contribution in [1.29, 1.82) is 0 Å². The van der Waals surface area contributed by atoms with Crippen LogP contribution in [0.2, 0.25) is 0 Å². The zero-order chi connectivity index (χ0) is 12.3. The minimum Gasteiger partial charge on any atom is -0.357 e. The predicted molar refractivity (Wildman–Crippen MR) is 60.2 cm³/mol. The molecule has 94 valence electrons. The largest absolute Gasteiger partial charge is 0.357 e. The zero-order valence-electron chi connectivity index (χ0n) is 10.1. The lowest BCUT2D eigenvalue weighted by atomic mass is 10.2. The van der Waals surface area contributed by atoms with Gasteiger partial charge in [0, 0.05) is 19.9 Å². The van der Waals surface area contributed by atoms with Gasteiger partial charge in [-0.3, -0.25) is 9.63 Å². The van der Waals surface area contributed by atoms with Gasteiger partial charge in [-0.15, -0.1) is 0 Å². The molecule has 0 aliphatic carbocycles. The van der Waals surface area contributed by atoms with Gasteiger partial charge < -0.3 is 4.74 Å². The first-order valence-corrected chi connectivity index (χ1v) is 5.71. The molecule has 0 bridgehead atoms. The van der Waals surface area contributed by atoms with E-state index in [-0.39, 0.29) is 12.1 Å². The predicted octanol–water partition coefficient (Wildman–Crippen LogP) is 1.22. The van der Waals surface area contributed by atoms with Crippen LogP contribution in [0, 0.1) is 0 Å². The van der Waals surface area contributed by atoms with Crippen LogP contribution in [-0.2, 0) is 9.57 Å². The van der Waals surface area contributed by atoms with Crippen LogP contribution in [0.1, 0.15) is 36.0 Å². The first-order valence-electron chi connectivity index (χ1n) is 5.71. The number of amides is 1. The number of nitrogens with zero attached hydrogens (tertiary/aromatic N) is 3. The smallest absolute Gasteiger partial charge is 0.297 e. The lowest BCUT2D eigenvalue weighted by molar-refractivity contribution is -0.0763. The molecule has 1 aliphatic rings. The highest BCUT2D eigenvalue weighted by Crippen LogP contribution is 2.21. The Morgan fingerprint density at radius 3 is 3.12 bits per heavy atom. The molecule has 17 heavy (non-hydrogen) atoms. The normalized spacial score (nSPS) is 20.2. The molecule has 1 unspecified atom stereocenters. The van der Waals surface area contributed by atoms with E-state index in [0.29, 0.717) is 5.69 Å². The lowest BCUT2D eigenvalue weighted by Crippen LogP contribution is -2.26. The number of hydrogen-bond donors (Lipinski definition) is 0. The Balaban J connectivity index is 2.07. The van der Waals surface area contributed by atoms with E-state index >= 15 is 0 Å². The molecule has 0 radical (unpaired) electrons. The van der Waals surface area contributed by atoms with E-state index in [9.17, 15) is 4.79 Å². The van der Waals surface area contributed by atoms with E-state index in [1.807, 2.05) is 0 Å². The molecule has 1 amide bonds. The number of hydrogen-bond acceptors (Lipinski definition) is 4. The molecule has 1 saturated heterocycles. The van der Waals surface area contributed by atoms with E-state index in [2.05, 4.69) is 5.10 Å². The Morgan fingerprint density at radius 2 is 2.47 bits per heavy atom. The summed E-state index contributed by atoms with van der Waals surface area (Å²) in [6.07, 6.45) is 4.89. The Kier molecular flexibility index (Phi) is 3.75. The summed E-state index contributed by atoms with van der Waals surface area (Å²) < 4.78 is 7.29. The Hall–Kier alpha value is -1.40. The van der Waals surface area contributed by atoms with Crippen molar-refractivity contribution >= 4 is 5.91 Å². The summed E-state index contributed by atoms with van der Waals surface area (Å²) in [7, 11) is 3.00.